The Kier molecular flexibility index (Phi) is 5.21. The minimum atomic E-state index is 0.130. The molecule has 0 aliphatic heterocycles. The van der Waals surface area contributed by atoms with Crippen molar-refractivity contribution in [1.29, 1.82) is 0 Å². The smallest absolute Gasteiger partial charge is 0.155 e. The van der Waals surface area contributed by atoms with Crippen LogP contribution in [0.4, 0.5) is 0 Å². The first-order chi connectivity index (χ1) is 7.33. The fourth-order valence-corrected chi connectivity index (χ4v) is 1.43. The fourth-order valence-electron chi connectivity index (χ4n) is 0.847. The average Bonchev–Trinajstić information content (AvgIpc) is 2.75. The van der Waals surface area contributed by atoms with E-state index in [4.69, 9.17) is 0 Å². The van der Waals surface area contributed by atoms with Crippen molar-refractivity contribution in [2.24, 2.45) is 0 Å². The lowest BCUT2D eigenvalue weighted by Gasteiger charge is -1.80. The molecule has 76 valence electrons. The first-order valence-electron chi connectivity index (χ1n) is 4.74. The highest BCUT2D eigenvalue weighted by Gasteiger charge is 1.85. The number of rotatable bonds is 3. The molecule has 0 aliphatic carbocycles. The molecule has 1 aromatic rings. The predicted molar refractivity (Wildman–Crippen MR) is 64.8 cm³/mol. The van der Waals surface area contributed by atoms with Crippen molar-refractivity contribution in [1.82, 2.24) is 0 Å². The largest absolute Gasteiger partial charge is 0.295 e. The molecule has 0 saturated carbocycles. The molecule has 0 N–H and O–H groups in total. The molecule has 0 radical (unpaired) electrons. The van der Waals surface area contributed by atoms with Crippen molar-refractivity contribution < 1.29 is 4.79 Å². The van der Waals surface area contributed by atoms with Gasteiger partial charge in [-0.25, -0.2) is 0 Å². The van der Waals surface area contributed by atoms with Gasteiger partial charge in [0.05, 0.1) is 4.88 Å². The second kappa shape index (κ2) is 6.80. The highest BCUT2D eigenvalue weighted by molar-refractivity contribution is 7.10. The SMILES string of the molecule is CCC(=O)/C=C/C=C/C#Cc1cccs1. The number of carbonyl (C=O) groups excluding carboxylic acids is 1. The lowest BCUT2D eigenvalue weighted by Crippen LogP contribution is -1.85. The lowest BCUT2D eigenvalue weighted by atomic mass is 10.3. The number of allylic oxidation sites excluding steroid dienone is 4. The van der Waals surface area contributed by atoms with Gasteiger partial charge in [-0.15, -0.1) is 11.3 Å². The van der Waals surface area contributed by atoms with Crippen LogP contribution in [0.5, 0.6) is 0 Å². The summed E-state index contributed by atoms with van der Waals surface area (Å²) in [7, 11) is 0. The van der Waals surface area contributed by atoms with Gasteiger partial charge < -0.3 is 0 Å². The Morgan fingerprint density at radius 3 is 3.07 bits per heavy atom. The standard InChI is InChI=1S/C13H12OS/c1-2-12(14)8-5-3-4-6-9-13-10-7-11-15-13/h3-5,7-8,10-11H,2H2,1H3/b4-3+,8-5+. The molecule has 0 atom stereocenters. The third kappa shape index (κ3) is 4.99. The second-order valence-electron chi connectivity index (χ2n) is 2.78. The van der Waals surface area contributed by atoms with Gasteiger partial charge in [0.1, 0.15) is 0 Å². The normalized spacial score (nSPS) is 10.5. The van der Waals surface area contributed by atoms with Crippen LogP contribution in [-0.2, 0) is 4.79 Å². The van der Waals surface area contributed by atoms with E-state index in [9.17, 15) is 4.79 Å². The van der Waals surface area contributed by atoms with Crippen molar-refractivity contribution in [3.63, 3.8) is 0 Å². The number of hydrogen-bond acceptors (Lipinski definition) is 2. The predicted octanol–water partition coefficient (Wildman–Crippen LogP) is 3.19. The molecule has 1 heterocycles. The van der Waals surface area contributed by atoms with Crippen molar-refractivity contribution >= 4 is 17.1 Å². The molecule has 1 rings (SSSR count). The van der Waals surface area contributed by atoms with E-state index in [1.165, 1.54) is 0 Å². The fraction of sp³-hybridized carbons (Fsp3) is 0.154. The summed E-state index contributed by atoms with van der Waals surface area (Å²) in [6, 6.07) is 3.94. The van der Waals surface area contributed by atoms with Crippen LogP contribution in [0.3, 0.4) is 0 Å². The lowest BCUT2D eigenvalue weighted by molar-refractivity contribution is -0.114. The molecular weight excluding hydrogens is 204 g/mol. The van der Waals surface area contributed by atoms with Gasteiger partial charge >= 0.3 is 0 Å². The zero-order valence-corrected chi connectivity index (χ0v) is 9.38. The van der Waals surface area contributed by atoms with Crippen LogP contribution in [0.25, 0.3) is 0 Å². The van der Waals surface area contributed by atoms with Gasteiger partial charge in [0.15, 0.2) is 5.78 Å². The van der Waals surface area contributed by atoms with Crippen LogP contribution in [-0.4, -0.2) is 5.78 Å². The molecule has 0 fully saturated rings. The van der Waals surface area contributed by atoms with Gasteiger partial charge in [-0.05, 0) is 23.6 Å². The first-order valence-corrected chi connectivity index (χ1v) is 5.62. The molecule has 0 aromatic carbocycles. The van der Waals surface area contributed by atoms with Gasteiger partial charge in [-0.2, -0.15) is 0 Å². The topological polar surface area (TPSA) is 17.1 Å². The van der Waals surface area contributed by atoms with Crippen LogP contribution in [0.15, 0.2) is 41.8 Å². The minimum Gasteiger partial charge on any atom is -0.295 e. The Labute approximate surface area is 94.1 Å². The molecule has 2 heteroatoms. The van der Waals surface area contributed by atoms with E-state index in [-0.39, 0.29) is 5.78 Å². The summed E-state index contributed by atoms with van der Waals surface area (Å²) in [4.78, 5) is 11.9. The summed E-state index contributed by atoms with van der Waals surface area (Å²) in [5.74, 6) is 6.02. The monoisotopic (exact) mass is 216 g/mol. The number of ketones is 1. The van der Waals surface area contributed by atoms with E-state index in [0.717, 1.165) is 4.88 Å². The molecule has 0 bridgehead atoms. The third-order valence-electron chi connectivity index (χ3n) is 1.64. The van der Waals surface area contributed by atoms with Crippen molar-refractivity contribution in [3.05, 3.63) is 46.7 Å². The molecule has 0 unspecified atom stereocenters. The molecule has 0 amide bonds. The quantitative estimate of drug-likeness (QED) is 0.431. The van der Waals surface area contributed by atoms with E-state index < -0.39 is 0 Å². The van der Waals surface area contributed by atoms with Gasteiger partial charge in [0, 0.05) is 6.42 Å². The van der Waals surface area contributed by atoms with Crippen LogP contribution >= 0.6 is 11.3 Å². The van der Waals surface area contributed by atoms with Crippen molar-refractivity contribution in [3.8, 4) is 11.8 Å². The maximum atomic E-state index is 10.9. The summed E-state index contributed by atoms with van der Waals surface area (Å²) >= 11 is 1.62. The summed E-state index contributed by atoms with van der Waals surface area (Å²) in [6.07, 6.45) is 7.33. The number of hydrogen-bond donors (Lipinski definition) is 0. The number of thiophene rings is 1. The second-order valence-corrected chi connectivity index (χ2v) is 3.73. The van der Waals surface area contributed by atoms with Crippen LogP contribution < -0.4 is 0 Å². The highest BCUT2D eigenvalue weighted by atomic mass is 32.1. The van der Waals surface area contributed by atoms with Crippen LogP contribution in [0.1, 0.15) is 18.2 Å². The average molecular weight is 216 g/mol. The molecule has 15 heavy (non-hydrogen) atoms. The summed E-state index contributed by atoms with van der Waals surface area (Å²) in [6.45, 7) is 1.84. The van der Waals surface area contributed by atoms with Crippen molar-refractivity contribution in [2.45, 2.75) is 13.3 Å². The number of carbonyl (C=O) groups is 1. The maximum Gasteiger partial charge on any atom is 0.155 e. The zero-order valence-electron chi connectivity index (χ0n) is 8.57. The molecule has 1 nitrogen and oxygen atoms in total. The van der Waals surface area contributed by atoms with Gasteiger partial charge in [-0.1, -0.05) is 37.0 Å². The molecule has 0 aliphatic rings. The van der Waals surface area contributed by atoms with Gasteiger partial charge in [0.2, 0.25) is 0 Å². The van der Waals surface area contributed by atoms with Crippen LogP contribution in [0.2, 0.25) is 0 Å². The zero-order chi connectivity index (χ0) is 10.9. The Hall–Kier alpha value is -1.59. The van der Waals surface area contributed by atoms with Crippen molar-refractivity contribution in [2.75, 3.05) is 0 Å². The summed E-state index contributed by atoms with van der Waals surface area (Å²) < 4.78 is 0. The van der Waals surface area contributed by atoms with E-state index >= 15 is 0 Å². The van der Waals surface area contributed by atoms with E-state index in [1.54, 1.807) is 35.6 Å². The Morgan fingerprint density at radius 1 is 1.53 bits per heavy atom. The molecule has 0 spiro atoms. The molecule has 0 saturated heterocycles. The minimum absolute atomic E-state index is 0.130. The maximum absolute atomic E-state index is 10.9. The van der Waals surface area contributed by atoms with Crippen LogP contribution in [0, 0.1) is 11.8 Å². The summed E-state index contributed by atoms with van der Waals surface area (Å²) in [5, 5.41) is 1.99. The highest BCUT2D eigenvalue weighted by Crippen LogP contribution is 2.05. The van der Waals surface area contributed by atoms with E-state index in [0.29, 0.717) is 6.42 Å². The third-order valence-corrected chi connectivity index (χ3v) is 2.42. The van der Waals surface area contributed by atoms with E-state index in [2.05, 4.69) is 11.8 Å². The Morgan fingerprint density at radius 2 is 2.40 bits per heavy atom. The van der Waals surface area contributed by atoms with Gasteiger partial charge in [0.25, 0.3) is 0 Å². The van der Waals surface area contributed by atoms with Gasteiger partial charge in [-0.3, -0.25) is 4.79 Å². The molecular formula is C13H12OS. The van der Waals surface area contributed by atoms with E-state index in [1.807, 2.05) is 24.4 Å². The summed E-state index contributed by atoms with van der Waals surface area (Å²) in [5.41, 5.74) is 0. The Bertz CT molecular complexity index is 413. The first kappa shape index (κ1) is 11.5. The molecule has 1 aromatic heterocycles. The Balaban J connectivity index is 2.40.